The number of aromatic nitrogens is 1. The topological polar surface area (TPSA) is 38.1 Å². The molecule has 18 heavy (non-hydrogen) atoms. The van der Waals surface area contributed by atoms with E-state index in [4.69, 9.17) is 16.1 Å². The van der Waals surface area contributed by atoms with E-state index in [0.717, 1.165) is 27.5 Å². The molecule has 0 amide bonds. The van der Waals surface area contributed by atoms with Gasteiger partial charge >= 0.3 is 0 Å². The van der Waals surface area contributed by atoms with E-state index in [0.29, 0.717) is 6.54 Å². The Kier molecular flexibility index (Phi) is 3.32. The van der Waals surface area contributed by atoms with Crippen molar-refractivity contribution < 1.29 is 4.52 Å². The van der Waals surface area contributed by atoms with E-state index < -0.39 is 0 Å². The summed E-state index contributed by atoms with van der Waals surface area (Å²) in [6, 6.07) is 10.0. The third-order valence-electron chi connectivity index (χ3n) is 2.68. The molecule has 1 N–H and O–H groups in total. The van der Waals surface area contributed by atoms with E-state index in [1.807, 2.05) is 18.2 Å². The summed E-state index contributed by atoms with van der Waals surface area (Å²) in [5, 5.41) is 9.13. The van der Waals surface area contributed by atoms with Gasteiger partial charge in [-0.2, -0.15) is 0 Å². The Hall–Kier alpha value is -1.36. The van der Waals surface area contributed by atoms with Gasteiger partial charge in [-0.15, -0.1) is 11.3 Å². The molecule has 3 aromatic rings. The molecule has 0 saturated carbocycles. The van der Waals surface area contributed by atoms with Crippen molar-refractivity contribution in [2.24, 2.45) is 0 Å². The Morgan fingerprint density at radius 1 is 1.22 bits per heavy atom. The molecule has 0 unspecified atom stereocenters. The van der Waals surface area contributed by atoms with E-state index >= 15 is 0 Å². The van der Waals surface area contributed by atoms with Gasteiger partial charge in [-0.3, -0.25) is 0 Å². The molecular formula is C13H11ClN2OS. The molecule has 0 aliphatic heterocycles. The van der Waals surface area contributed by atoms with Crippen molar-refractivity contribution in [1.82, 2.24) is 10.5 Å². The average molecular weight is 279 g/mol. The molecule has 0 radical (unpaired) electrons. The van der Waals surface area contributed by atoms with Gasteiger partial charge in [0.1, 0.15) is 6.26 Å². The van der Waals surface area contributed by atoms with Gasteiger partial charge in [0, 0.05) is 34.1 Å². The number of halogens is 1. The zero-order valence-corrected chi connectivity index (χ0v) is 11.1. The summed E-state index contributed by atoms with van der Waals surface area (Å²) >= 11 is 8.08. The number of thiophene rings is 1. The van der Waals surface area contributed by atoms with Crippen LogP contribution in [0.4, 0.5) is 0 Å². The van der Waals surface area contributed by atoms with Crippen molar-refractivity contribution in [3.8, 4) is 0 Å². The molecule has 2 aromatic heterocycles. The van der Waals surface area contributed by atoms with E-state index in [2.05, 4.69) is 22.6 Å². The molecule has 0 fully saturated rings. The Balaban J connectivity index is 1.73. The second-order valence-electron chi connectivity index (χ2n) is 3.93. The quantitative estimate of drug-likeness (QED) is 0.788. The highest BCUT2D eigenvalue weighted by atomic mass is 35.5. The lowest BCUT2D eigenvalue weighted by Crippen LogP contribution is -2.12. The normalized spacial score (nSPS) is 11.2. The first-order chi connectivity index (χ1) is 8.84. The molecule has 0 atom stereocenters. The summed E-state index contributed by atoms with van der Waals surface area (Å²) < 4.78 is 6.00. The molecule has 0 bridgehead atoms. The Labute approximate surface area is 113 Å². The molecule has 3 nitrogen and oxygen atoms in total. The van der Waals surface area contributed by atoms with E-state index in [1.165, 1.54) is 4.70 Å². The zero-order chi connectivity index (χ0) is 12.4. The van der Waals surface area contributed by atoms with Crippen molar-refractivity contribution in [2.45, 2.75) is 13.1 Å². The summed E-state index contributed by atoms with van der Waals surface area (Å²) in [6.45, 7) is 1.42. The highest BCUT2D eigenvalue weighted by Crippen LogP contribution is 2.34. The lowest BCUT2D eigenvalue weighted by molar-refractivity contribution is 0.408. The molecular weight excluding hydrogens is 268 g/mol. The summed E-state index contributed by atoms with van der Waals surface area (Å²) in [5.41, 5.74) is 0.896. The molecule has 0 aliphatic carbocycles. The first-order valence-electron chi connectivity index (χ1n) is 5.60. The fourth-order valence-corrected chi connectivity index (χ4v) is 3.28. The van der Waals surface area contributed by atoms with Gasteiger partial charge in [-0.1, -0.05) is 35.0 Å². The molecule has 2 heterocycles. The second kappa shape index (κ2) is 5.10. The van der Waals surface area contributed by atoms with Crippen LogP contribution in [0.15, 0.2) is 41.1 Å². The van der Waals surface area contributed by atoms with Crippen LogP contribution < -0.4 is 5.32 Å². The van der Waals surface area contributed by atoms with Gasteiger partial charge in [0.2, 0.25) is 0 Å². The third kappa shape index (κ3) is 2.27. The largest absolute Gasteiger partial charge is 0.364 e. The van der Waals surface area contributed by atoms with Crippen LogP contribution in [0, 0.1) is 0 Å². The Morgan fingerprint density at radius 2 is 2.11 bits per heavy atom. The van der Waals surface area contributed by atoms with E-state index in [-0.39, 0.29) is 0 Å². The summed E-state index contributed by atoms with van der Waals surface area (Å²) in [5.74, 6) is 0. The first kappa shape index (κ1) is 11.7. The molecule has 0 saturated heterocycles. The first-order valence-corrected chi connectivity index (χ1v) is 6.80. The van der Waals surface area contributed by atoms with E-state index in [9.17, 15) is 0 Å². The molecule has 92 valence electrons. The van der Waals surface area contributed by atoms with Crippen molar-refractivity contribution in [1.29, 1.82) is 0 Å². The van der Waals surface area contributed by atoms with Crippen molar-refractivity contribution >= 4 is 33.0 Å². The van der Waals surface area contributed by atoms with Crippen molar-refractivity contribution in [3.05, 3.63) is 52.2 Å². The maximum atomic E-state index is 6.35. The minimum atomic E-state index is 0.682. The predicted octanol–water partition coefficient (Wildman–Crippen LogP) is 3.83. The summed E-state index contributed by atoms with van der Waals surface area (Å²) in [6.07, 6.45) is 1.57. The smallest absolute Gasteiger partial charge is 0.124 e. The van der Waals surface area contributed by atoms with Gasteiger partial charge in [0.05, 0.1) is 10.7 Å². The van der Waals surface area contributed by atoms with Gasteiger partial charge in [-0.05, 0) is 6.07 Å². The van der Waals surface area contributed by atoms with Gasteiger partial charge in [0.15, 0.2) is 0 Å². The fourth-order valence-electron chi connectivity index (χ4n) is 1.81. The molecule has 3 rings (SSSR count). The number of rotatable bonds is 4. The predicted molar refractivity (Wildman–Crippen MR) is 73.9 cm³/mol. The van der Waals surface area contributed by atoms with Gasteiger partial charge < -0.3 is 9.84 Å². The van der Waals surface area contributed by atoms with Gasteiger partial charge in [0.25, 0.3) is 0 Å². The summed E-state index contributed by atoms with van der Waals surface area (Å²) in [7, 11) is 0. The molecule has 5 heteroatoms. The standard InChI is InChI=1S/C13H11ClN2OS/c14-13-10-3-1-2-4-11(10)18-12(13)8-15-7-9-5-6-17-16-9/h1-6,15H,7-8H2. The minimum absolute atomic E-state index is 0.682. The SMILES string of the molecule is Clc1c(CNCc2ccon2)sc2ccccc12. The maximum absolute atomic E-state index is 6.35. The number of nitrogens with zero attached hydrogens (tertiary/aromatic N) is 1. The van der Waals surface area contributed by atoms with Crippen LogP contribution in [0.25, 0.3) is 10.1 Å². The van der Waals surface area contributed by atoms with Crippen LogP contribution in [0.3, 0.4) is 0 Å². The highest BCUT2D eigenvalue weighted by molar-refractivity contribution is 7.19. The zero-order valence-electron chi connectivity index (χ0n) is 9.52. The van der Waals surface area contributed by atoms with Crippen LogP contribution in [0.1, 0.15) is 10.6 Å². The van der Waals surface area contributed by atoms with Crippen LogP contribution in [0.5, 0.6) is 0 Å². The Morgan fingerprint density at radius 3 is 2.89 bits per heavy atom. The minimum Gasteiger partial charge on any atom is -0.364 e. The van der Waals surface area contributed by atoms with Gasteiger partial charge in [-0.25, -0.2) is 0 Å². The monoisotopic (exact) mass is 278 g/mol. The second-order valence-corrected chi connectivity index (χ2v) is 5.44. The van der Waals surface area contributed by atoms with Crippen LogP contribution in [-0.4, -0.2) is 5.16 Å². The van der Waals surface area contributed by atoms with E-state index in [1.54, 1.807) is 17.6 Å². The van der Waals surface area contributed by atoms with Crippen LogP contribution >= 0.6 is 22.9 Å². The lowest BCUT2D eigenvalue weighted by Gasteiger charge is -2.00. The summed E-state index contributed by atoms with van der Waals surface area (Å²) in [4.78, 5) is 1.15. The fraction of sp³-hybridized carbons (Fsp3) is 0.154. The third-order valence-corrected chi connectivity index (χ3v) is 4.40. The van der Waals surface area contributed by atoms with Crippen molar-refractivity contribution in [2.75, 3.05) is 0 Å². The number of nitrogens with one attached hydrogen (secondary N) is 1. The lowest BCUT2D eigenvalue weighted by atomic mass is 10.2. The number of hydrogen-bond donors (Lipinski definition) is 1. The molecule has 1 aromatic carbocycles. The van der Waals surface area contributed by atoms with Crippen LogP contribution in [0.2, 0.25) is 5.02 Å². The molecule has 0 aliphatic rings. The average Bonchev–Trinajstić information content (AvgIpc) is 3.00. The number of fused-ring (bicyclic) bond motifs is 1. The number of benzene rings is 1. The molecule has 0 spiro atoms. The Bertz CT molecular complexity index is 648. The van der Waals surface area contributed by atoms with Crippen LogP contribution in [-0.2, 0) is 13.1 Å². The number of hydrogen-bond acceptors (Lipinski definition) is 4. The van der Waals surface area contributed by atoms with Crippen molar-refractivity contribution in [3.63, 3.8) is 0 Å². The highest BCUT2D eigenvalue weighted by Gasteiger charge is 2.09. The maximum Gasteiger partial charge on any atom is 0.124 e.